The molecule has 1 rings (SSSR count). The van der Waals surface area contributed by atoms with E-state index in [1.165, 1.54) is 0 Å². The Morgan fingerprint density at radius 2 is 2.16 bits per heavy atom. The highest BCUT2D eigenvalue weighted by Gasteiger charge is 2.17. The molecule has 5 heteroatoms. The minimum atomic E-state index is 0.169. The fraction of sp³-hybridized carbons (Fsp3) is 0.500. The van der Waals surface area contributed by atoms with Gasteiger partial charge in [-0.15, -0.1) is 11.8 Å². The fourth-order valence-electron chi connectivity index (χ4n) is 2.10. The maximum absolute atomic E-state index is 9.00. The van der Waals surface area contributed by atoms with Gasteiger partial charge in [0.15, 0.2) is 5.84 Å². The number of hydrogen-bond acceptors (Lipinski definition) is 4. The lowest BCUT2D eigenvalue weighted by molar-refractivity contribution is 0.318. The van der Waals surface area contributed by atoms with Crippen LogP contribution < -0.4 is 10.6 Å². The van der Waals surface area contributed by atoms with Crippen molar-refractivity contribution in [2.45, 2.75) is 25.7 Å². The molecule has 0 heterocycles. The summed E-state index contributed by atoms with van der Waals surface area (Å²) in [6.45, 7) is 8.32. The molecule has 0 saturated carbocycles. The maximum atomic E-state index is 9.00. The van der Waals surface area contributed by atoms with Crippen LogP contribution in [0, 0.1) is 5.92 Å². The topological polar surface area (TPSA) is 61.8 Å². The van der Waals surface area contributed by atoms with Gasteiger partial charge in [-0.05, 0) is 31.2 Å². The number of oxime groups is 1. The van der Waals surface area contributed by atoms with Crippen LogP contribution in [0.5, 0.6) is 0 Å². The van der Waals surface area contributed by atoms with Crippen molar-refractivity contribution in [3.63, 3.8) is 0 Å². The van der Waals surface area contributed by atoms with E-state index in [-0.39, 0.29) is 5.84 Å². The lowest BCUT2D eigenvalue weighted by Gasteiger charge is -2.28. The second-order valence-electron chi connectivity index (χ2n) is 4.77. The zero-order chi connectivity index (χ0) is 14.4. The van der Waals surface area contributed by atoms with Crippen molar-refractivity contribution in [1.82, 2.24) is 0 Å². The average molecular weight is 281 g/mol. The fourth-order valence-corrected chi connectivity index (χ4v) is 2.73. The van der Waals surface area contributed by atoms with E-state index < -0.39 is 0 Å². The summed E-state index contributed by atoms with van der Waals surface area (Å²) in [5, 5.41) is 12.2. The molecular weight excluding hydrogens is 258 g/mol. The number of benzene rings is 1. The van der Waals surface area contributed by atoms with E-state index in [0.717, 1.165) is 29.2 Å². The van der Waals surface area contributed by atoms with Crippen LogP contribution in [-0.2, 0) is 0 Å². The Morgan fingerprint density at radius 1 is 1.47 bits per heavy atom. The molecule has 1 aromatic carbocycles. The number of amidine groups is 1. The summed E-state index contributed by atoms with van der Waals surface area (Å²) in [5.74, 6) is 0.722. The van der Waals surface area contributed by atoms with Gasteiger partial charge < -0.3 is 15.8 Å². The lowest BCUT2D eigenvalue weighted by atomic mass is 10.1. The first-order valence-corrected chi connectivity index (χ1v) is 7.67. The first-order chi connectivity index (χ1) is 9.04. The SMILES string of the molecule is CCN(CC(C)C)c1cccc(SC)c1/C(N)=N/O. The van der Waals surface area contributed by atoms with Crippen LogP contribution in [0.15, 0.2) is 28.3 Å². The third-order valence-corrected chi connectivity index (χ3v) is 3.68. The Hall–Kier alpha value is -1.36. The van der Waals surface area contributed by atoms with Crippen molar-refractivity contribution in [3.05, 3.63) is 23.8 Å². The van der Waals surface area contributed by atoms with Crippen molar-refractivity contribution in [1.29, 1.82) is 0 Å². The van der Waals surface area contributed by atoms with Crippen LogP contribution >= 0.6 is 11.8 Å². The van der Waals surface area contributed by atoms with Crippen LogP contribution in [-0.4, -0.2) is 30.4 Å². The summed E-state index contributed by atoms with van der Waals surface area (Å²) in [6.07, 6.45) is 1.99. The van der Waals surface area contributed by atoms with Crippen LogP contribution in [0.25, 0.3) is 0 Å². The standard InChI is InChI=1S/C14H23N3OS/c1-5-17(9-10(2)3)11-7-6-8-12(19-4)13(11)14(15)16-18/h6-8,10,18H,5,9H2,1-4H3,(H2,15,16). The van der Waals surface area contributed by atoms with Crippen molar-refractivity contribution in [2.24, 2.45) is 16.8 Å². The first-order valence-electron chi connectivity index (χ1n) is 6.44. The van der Waals surface area contributed by atoms with Crippen molar-refractivity contribution in [3.8, 4) is 0 Å². The number of hydrogen-bond donors (Lipinski definition) is 2. The van der Waals surface area contributed by atoms with Crippen molar-refractivity contribution in [2.75, 3.05) is 24.2 Å². The van der Waals surface area contributed by atoms with Gasteiger partial charge in [0, 0.05) is 23.7 Å². The van der Waals surface area contributed by atoms with Crippen LogP contribution in [0.3, 0.4) is 0 Å². The third-order valence-electron chi connectivity index (χ3n) is 2.90. The van der Waals surface area contributed by atoms with E-state index in [9.17, 15) is 0 Å². The van der Waals surface area contributed by atoms with E-state index in [1.54, 1.807) is 11.8 Å². The van der Waals surface area contributed by atoms with Crippen LogP contribution in [0.2, 0.25) is 0 Å². The second-order valence-corrected chi connectivity index (χ2v) is 5.62. The smallest absolute Gasteiger partial charge is 0.173 e. The van der Waals surface area contributed by atoms with Gasteiger partial charge in [0.2, 0.25) is 0 Å². The molecule has 0 atom stereocenters. The minimum absolute atomic E-state index is 0.169. The molecular formula is C14H23N3OS. The van der Waals surface area contributed by atoms with E-state index in [4.69, 9.17) is 10.9 Å². The maximum Gasteiger partial charge on any atom is 0.173 e. The number of nitrogens with zero attached hydrogens (tertiary/aromatic N) is 2. The molecule has 0 aliphatic carbocycles. The first kappa shape index (κ1) is 15.7. The van der Waals surface area contributed by atoms with Crippen LogP contribution in [0.4, 0.5) is 5.69 Å². The molecule has 0 spiro atoms. The molecule has 3 N–H and O–H groups in total. The molecule has 1 aromatic rings. The Balaban J connectivity index is 3.32. The Bertz CT molecular complexity index is 446. The monoisotopic (exact) mass is 281 g/mol. The summed E-state index contributed by atoms with van der Waals surface area (Å²) in [6, 6.07) is 6.03. The number of rotatable bonds is 6. The van der Waals surface area contributed by atoms with Gasteiger partial charge in [0.25, 0.3) is 0 Å². The highest BCUT2D eigenvalue weighted by atomic mass is 32.2. The largest absolute Gasteiger partial charge is 0.409 e. The highest BCUT2D eigenvalue weighted by molar-refractivity contribution is 7.98. The predicted octanol–water partition coefficient (Wildman–Crippen LogP) is 2.99. The Kier molecular flexibility index (Phi) is 6.02. The second kappa shape index (κ2) is 7.28. The summed E-state index contributed by atoms with van der Waals surface area (Å²) < 4.78 is 0. The molecule has 19 heavy (non-hydrogen) atoms. The minimum Gasteiger partial charge on any atom is -0.409 e. The molecule has 0 unspecified atom stereocenters. The highest BCUT2D eigenvalue weighted by Crippen LogP contribution is 2.30. The van der Waals surface area contributed by atoms with E-state index in [2.05, 4.69) is 30.8 Å². The van der Waals surface area contributed by atoms with Gasteiger partial charge >= 0.3 is 0 Å². The zero-order valence-corrected chi connectivity index (χ0v) is 12.9. The summed E-state index contributed by atoms with van der Waals surface area (Å²) in [7, 11) is 0. The number of nitrogens with two attached hydrogens (primary N) is 1. The number of thioether (sulfide) groups is 1. The number of anilines is 1. The van der Waals surface area contributed by atoms with Crippen molar-refractivity contribution < 1.29 is 5.21 Å². The molecule has 0 bridgehead atoms. The van der Waals surface area contributed by atoms with Gasteiger partial charge in [-0.2, -0.15) is 0 Å². The molecule has 0 amide bonds. The third kappa shape index (κ3) is 3.80. The average Bonchev–Trinajstić information content (AvgIpc) is 2.42. The van der Waals surface area contributed by atoms with Gasteiger partial charge in [-0.3, -0.25) is 0 Å². The molecule has 0 radical (unpaired) electrons. The molecule has 0 aliphatic rings. The van der Waals surface area contributed by atoms with E-state index in [0.29, 0.717) is 5.92 Å². The lowest BCUT2D eigenvalue weighted by Crippen LogP contribution is -2.30. The summed E-state index contributed by atoms with van der Waals surface area (Å²) in [5.41, 5.74) is 7.70. The molecule has 0 aromatic heterocycles. The molecule has 0 saturated heterocycles. The predicted molar refractivity (Wildman–Crippen MR) is 83.5 cm³/mol. The molecule has 0 aliphatic heterocycles. The van der Waals surface area contributed by atoms with E-state index in [1.807, 2.05) is 24.5 Å². The van der Waals surface area contributed by atoms with E-state index >= 15 is 0 Å². The quantitative estimate of drug-likeness (QED) is 0.277. The van der Waals surface area contributed by atoms with Crippen LogP contribution in [0.1, 0.15) is 26.3 Å². The molecule has 4 nitrogen and oxygen atoms in total. The van der Waals surface area contributed by atoms with Gasteiger partial charge in [-0.1, -0.05) is 25.1 Å². The molecule has 0 fully saturated rings. The normalized spacial score (nSPS) is 11.9. The van der Waals surface area contributed by atoms with Gasteiger partial charge in [-0.25, -0.2) is 0 Å². The van der Waals surface area contributed by atoms with Gasteiger partial charge in [0.05, 0.1) is 5.56 Å². The summed E-state index contributed by atoms with van der Waals surface area (Å²) >= 11 is 1.60. The summed E-state index contributed by atoms with van der Waals surface area (Å²) in [4.78, 5) is 3.28. The Morgan fingerprint density at radius 3 is 2.63 bits per heavy atom. The van der Waals surface area contributed by atoms with Crippen molar-refractivity contribution >= 4 is 23.3 Å². The Labute approximate surface area is 119 Å². The van der Waals surface area contributed by atoms with Gasteiger partial charge in [0.1, 0.15) is 0 Å². The molecule has 106 valence electrons. The zero-order valence-electron chi connectivity index (χ0n) is 12.1.